The standard InChI is InChI=1S/C15H25N3O2/c1-10(2)9-20-15-13(16)4-5-14(17-15)18-7-6-12(8-18)11(3)19/h4-5,10-12,19H,6-9,16H2,1-3H3. The molecule has 0 aromatic carbocycles. The second-order valence-electron chi connectivity index (χ2n) is 6.00. The number of aliphatic hydroxyl groups is 1. The zero-order valence-electron chi connectivity index (χ0n) is 12.5. The third-order valence-electron chi connectivity index (χ3n) is 3.66. The van der Waals surface area contributed by atoms with Crippen LogP contribution >= 0.6 is 0 Å². The van der Waals surface area contributed by atoms with Crippen LogP contribution in [0.15, 0.2) is 12.1 Å². The second-order valence-corrected chi connectivity index (χ2v) is 6.00. The highest BCUT2D eigenvalue weighted by Gasteiger charge is 2.27. The van der Waals surface area contributed by atoms with Crippen LogP contribution in [-0.2, 0) is 0 Å². The van der Waals surface area contributed by atoms with Crippen LogP contribution in [0.4, 0.5) is 11.5 Å². The number of nitrogen functional groups attached to an aromatic ring is 1. The minimum atomic E-state index is -0.273. The molecule has 1 aliphatic rings. The summed E-state index contributed by atoms with van der Waals surface area (Å²) in [5.74, 6) is 2.14. The Morgan fingerprint density at radius 3 is 2.80 bits per heavy atom. The van der Waals surface area contributed by atoms with Crippen molar-refractivity contribution in [2.45, 2.75) is 33.3 Å². The summed E-state index contributed by atoms with van der Waals surface area (Å²) in [6.07, 6.45) is 0.719. The van der Waals surface area contributed by atoms with Crippen molar-refractivity contribution < 1.29 is 9.84 Å². The molecule has 2 rings (SSSR count). The maximum absolute atomic E-state index is 9.67. The quantitative estimate of drug-likeness (QED) is 0.861. The summed E-state index contributed by atoms with van der Waals surface area (Å²) in [6.45, 7) is 8.38. The van der Waals surface area contributed by atoms with Gasteiger partial charge in [0, 0.05) is 19.0 Å². The molecule has 1 fully saturated rings. The number of nitrogens with two attached hydrogens (primary N) is 1. The number of rotatable bonds is 5. The molecular weight excluding hydrogens is 254 g/mol. The van der Waals surface area contributed by atoms with E-state index in [1.54, 1.807) is 0 Å². The lowest BCUT2D eigenvalue weighted by Crippen LogP contribution is -2.24. The number of pyridine rings is 1. The predicted molar refractivity (Wildman–Crippen MR) is 81.0 cm³/mol. The van der Waals surface area contributed by atoms with Gasteiger partial charge >= 0.3 is 0 Å². The maximum Gasteiger partial charge on any atom is 0.239 e. The van der Waals surface area contributed by atoms with Crippen molar-refractivity contribution in [3.63, 3.8) is 0 Å². The molecule has 112 valence electrons. The molecule has 0 bridgehead atoms. The van der Waals surface area contributed by atoms with E-state index < -0.39 is 0 Å². The van der Waals surface area contributed by atoms with E-state index in [0.717, 1.165) is 25.3 Å². The molecule has 5 heteroatoms. The molecule has 0 radical (unpaired) electrons. The number of ether oxygens (including phenoxy) is 1. The summed E-state index contributed by atoms with van der Waals surface area (Å²) in [4.78, 5) is 6.70. The normalized spacial score (nSPS) is 20.4. The van der Waals surface area contributed by atoms with Crippen LogP contribution in [0.3, 0.4) is 0 Å². The average molecular weight is 279 g/mol. The fraction of sp³-hybridized carbons (Fsp3) is 0.667. The summed E-state index contributed by atoms with van der Waals surface area (Å²) >= 11 is 0. The smallest absolute Gasteiger partial charge is 0.239 e. The zero-order valence-corrected chi connectivity index (χ0v) is 12.5. The molecule has 5 nitrogen and oxygen atoms in total. The minimum Gasteiger partial charge on any atom is -0.476 e. The summed E-state index contributed by atoms with van der Waals surface area (Å²) in [6, 6.07) is 3.76. The molecule has 0 spiro atoms. The van der Waals surface area contributed by atoms with E-state index >= 15 is 0 Å². The van der Waals surface area contributed by atoms with E-state index in [-0.39, 0.29) is 6.10 Å². The molecule has 2 heterocycles. The van der Waals surface area contributed by atoms with Crippen molar-refractivity contribution in [3.8, 4) is 5.88 Å². The molecule has 0 aliphatic carbocycles. The van der Waals surface area contributed by atoms with E-state index in [2.05, 4.69) is 23.7 Å². The fourth-order valence-corrected chi connectivity index (χ4v) is 2.37. The van der Waals surface area contributed by atoms with Gasteiger partial charge < -0.3 is 20.5 Å². The molecule has 1 aliphatic heterocycles. The average Bonchev–Trinajstić information content (AvgIpc) is 2.87. The SMILES string of the molecule is CC(C)COc1nc(N2CCC(C(C)O)C2)ccc1N. The van der Waals surface area contributed by atoms with E-state index in [9.17, 15) is 5.11 Å². The molecule has 2 unspecified atom stereocenters. The first-order chi connectivity index (χ1) is 9.47. The van der Waals surface area contributed by atoms with Crippen LogP contribution in [-0.4, -0.2) is 35.9 Å². The Balaban J connectivity index is 2.07. The number of hydrogen-bond acceptors (Lipinski definition) is 5. The number of hydrogen-bond donors (Lipinski definition) is 2. The summed E-state index contributed by atoms with van der Waals surface area (Å²) in [5, 5.41) is 9.67. The van der Waals surface area contributed by atoms with Crippen molar-refractivity contribution >= 4 is 11.5 Å². The maximum atomic E-state index is 9.67. The largest absolute Gasteiger partial charge is 0.476 e. The van der Waals surface area contributed by atoms with Gasteiger partial charge in [0.25, 0.3) is 0 Å². The highest BCUT2D eigenvalue weighted by molar-refractivity contribution is 5.55. The van der Waals surface area contributed by atoms with Crippen molar-refractivity contribution in [1.29, 1.82) is 0 Å². The first kappa shape index (κ1) is 14.9. The van der Waals surface area contributed by atoms with Gasteiger partial charge in [-0.15, -0.1) is 0 Å². The molecule has 1 aromatic heterocycles. The number of anilines is 2. The van der Waals surface area contributed by atoms with Gasteiger partial charge in [-0.05, 0) is 31.4 Å². The molecule has 0 saturated carbocycles. The molecule has 3 N–H and O–H groups in total. The van der Waals surface area contributed by atoms with Gasteiger partial charge in [-0.25, -0.2) is 0 Å². The topological polar surface area (TPSA) is 71.6 Å². The van der Waals surface area contributed by atoms with Crippen LogP contribution in [0, 0.1) is 11.8 Å². The Bertz CT molecular complexity index is 449. The number of nitrogens with zero attached hydrogens (tertiary/aromatic N) is 2. The molecule has 20 heavy (non-hydrogen) atoms. The Hall–Kier alpha value is -1.49. The van der Waals surface area contributed by atoms with Gasteiger partial charge in [-0.2, -0.15) is 4.98 Å². The van der Waals surface area contributed by atoms with Crippen molar-refractivity contribution in [2.24, 2.45) is 11.8 Å². The fourth-order valence-electron chi connectivity index (χ4n) is 2.37. The van der Waals surface area contributed by atoms with Gasteiger partial charge in [-0.3, -0.25) is 0 Å². The van der Waals surface area contributed by atoms with E-state index in [4.69, 9.17) is 10.5 Å². The lowest BCUT2D eigenvalue weighted by Gasteiger charge is -2.20. The molecule has 0 amide bonds. The van der Waals surface area contributed by atoms with Crippen LogP contribution < -0.4 is 15.4 Å². The summed E-state index contributed by atoms with van der Waals surface area (Å²) < 4.78 is 5.66. The highest BCUT2D eigenvalue weighted by atomic mass is 16.5. The Morgan fingerprint density at radius 2 is 2.20 bits per heavy atom. The van der Waals surface area contributed by atoms with Crippen molar-refractivity contribution in [3.05, 3.63) is 12.1 Å². The molecule has 1 aromatic rings. The molecular formula is C15H25N3O2. The Morgan fingerprint density at radius 1 is 1.45 bits per heavy atom. The lowest BCUT2D eigenvalue weighted by atomic mass is 10.0. The van der Waals surface area contributed by atoms with E-state index in [1.165, 1.54) is 0 Å². The highest BCUT2D eigenvalue weighted by Crippen LogP contribution is 2.28. The molecule has 2 atom stereocenters. The van der Waals surface area contributed by atoms with E-state index in [1.807, 2.05) is 19.1 Å². The Labute approximate surface area is 120 Å². The predicted octanol–water partition coefficient (Wildman–Crippen LogP) is 1.91. The van der Waals surface area contributed by atoms with Gasteiger partial charge in [0.05, 0.1) is 18.4 Å². The van der Waals surface area contributed by atoms with Gasteiger partial charge in [0.1, 0.15) is 5.82 Å². The van der Waals surface area contributed by atoms with Crippen LogP contribution in [0.25, 0.3) is 0 Å². The monoisotopic (exact) mass is 279 g/mol. The van der Waals surface area contributed by atoms with Crippen LogP contribution in [0.1, 0.15) is 27.2 Å². The van der Waals surface area contributed by atoms with Crippen LogP contribution in [0.2, 0.25) is 0 Å². The van der Waals surface area contributed by atoms with E-state index in [0.29, 0.717) is 30.0 Å². The van der Waals surface area contributed by atoms with Crippen molar-refractivity contribution in [1.82, 2.24) is 4.98 Å². The zero-order chi connectivity index (χ0) is 14.7. The van der Waals surface area contributed by atoms with Crippen LogP contribution in [0.5, 0.6) is 5.88 Å². The third kappa shape index (κ3) is 3.54. The first-order valence-corrected chi connectivity index (χ1v) is 7.29. The van der Waals surface area contributed by atoms with Gasteiger partial charge in [-0.1, -0.05) is 13.8 Å². The van der Waals surface area contributed by atoms with Gasteiger partial charge in [0.15, 0.2) is 0 Å². The van der Waals surface area contributed by atoms with Crippen molar-refractivity contribution in [2.75, 3.05) is 30.3 Å². The second kappa shape index (κ2) is 6.31. The van der Waals surface area contributed by atoms with Gasteiger partial charge in [0.2, 0.25) is 5.88 Å². The molecule has 1 saturated heterocycles. The summed E-state index contributed by atoms with van der Waals surface area (Å²) in [5.41, 5.74) is 6.47. The number of aliphatic hydroxyl groups excluding tert-OH is 1. The lowest BCUT2D eigenvalue weighted by molar-refractivity contribution is 0.136. The number of aromatic nitrogens is 1. The minimum absolute atomic E-state index is 0.273. The third-order valence-corrected chi connectivity index (χ3v) is 3.66. The first-order valence-electron chi connectivity index (χ1n) is 7.29. The summed E-state index contributed by atoms with van der Waals surface area (Å²) in [7, 11) is 0. The Kier molecular flexibility index (Phi) is 4.70.